The second-order valence-corrected chi connectivity index (χ2v) is 7.17. The molecule has 4 heteroatoms. The average Bonchev–Trinajstić information content (AvgIpc) is 3.03. The number of halogens is 1. The van der Waals surface area contributed by atoms with E-state index in [1.165, 1.54) is 5.56 Å². The Balaban J connectivity index is 1.73. The Morgan fingerprint density at radius 1 is 1.21 bits per heavy atom. The summed E-state index contributed by atoms with van der Waals surface area (Å²) in [6.07, 6.45) is 1.32. The molecule has 1 aliphatic heterocycles. The molecule has 1 aromatic carbocycles. The maximum atomic E-state index is 12.1. The van der Waals surface area contributed by atoms with Crippen LogP contribution in [0, 0.1) is 17.8 Å². The number of benzene rings is 1. The fraction of sp³-hybridized carbons (Fsp3) is 0.533. The number of methoxy groups -OCH3 is 1. The van der Waals surface area contributed by atoms with E-state index in [1.54, 1.807) is 7.11 Å². The van der Waals surface area contributed by atoms with Crippen LogP contribution in [0.5, 0.6) is 5.75 Å². The summed E-state index contributed by atoms with van der Waals surface area (Å²) in [4.78, 5) is 12.1. The number of hydrogen-bond acceptors (Lipinski definition) is 3. The maximum absolute atomic E-state index is 12.1. The molecule has 6 atom stereocenters. The molecule has 3 fully saturated rings. The maximum Gasteiger partial charge on any atom is 0.310 e. The lowest BCUT2D eigenvalue weighted by molar-refractivity contribution is -0.143. The van der Waals surface area contributed by atoms with Crippen LogP contribution in [0.2, 0.25) is 0 Å². The number of esters is 1. The van der Waals surface area contributed by atoms with E-state index in [1.807, 2.05) is 12.1 Å². The first kappa shape index (κ1) is 12.0. The van der Waals surface area contributed by atoms with Crippen LogP contribution in [0.3, 0.4) is 0 Å². The van der Waals surface area contributed by atoms with Crippen molar-refractivity contribution in [2.75, 3.05) is 7.11 Å². The van der Waals surface area contributed by atoms with Gasteiger partial charge in [0, 0.05) is 11.8 Å². The number of hydrogen-bond donors (Lipinski definition) is 0. The number of alkyl halides is 1. The van der Waals surface area contributed by atoms with Gasteiger partial charge < -0.3 is 9.47 Å². The summed E-state index contributed by atoms with van der Waals surface area (Å²) in [6, 6.07) is 8.19. The van der Waals surface area contributed by atoms with E-state index in [4.69, 9.17) is 9.47 Å². The predicted molar refractivity (Wildman–Crippen MR) is 78.5 cm³/mol. The van der Waals surface area contributed by atoms with Gasteiger partial charge in [0.2, 0.25) is 0 Å². The van der Waals surface area contributed by atoms with Gasteiger partial charge in [0.15, 0.2) is 0 Å². The summed E-state index contributed by atoms with van der Waals surface area (Å²) in [5, 5.41) is 0. The van der Waals surface area contributed by atoms with Crippen LogP contribution in [0.1, 0.15) is 17.9 Å². The molecule has 1 heterocycles. The van der Waals surface area contributed by atoms with Gasteiger partial charge in [0.25, 0.3) is 0 Å². The Morgan fingerprint density at radius 3 is 2.63 bits per heavy atom. The molecule has 19 heavy (non-hydrogen) atoms. The summed E-state index contributed by atoms with van der Waals surface area (Å²) in [6.45, 7) is 0. The molecular formula is C15H15IO3. The molecule has 1 aromatic rings. The first-order valence-corrected chi connectivity index (χ1v) is 7.94. The summed E-state index contributed by atoms with van der Waals surface area (Å²) in [5.74, 6) is 2.35. The summed E-state index contributed by atoms with van der Waals surface area (Å²) >= 11 is 2.48. The molecule has 0 N–H and O–H groups in total. The highest BCUT2D eigenvalue weighted by Gasteiger charge is 2.66. The van der Waals surface area contributed by atoms with Crippen molar-refractivity contribution < 1.29 is 14.3 Å². The van der Waals surface area contributed by atoms with Crippen LogP contribution in [-0.4, -0.2) is 23.1 Å². The highest BCUT2D eigenvalue weighted by atomic mass is 127. The second-order valence-electron chi connectivity index (χ2n) is 5.73. The van der Waals surface area contributed by atoms with Gasteiger partial charge in [-0.1, -0.05) is 34.7 Å². The Labute approximate surface area is 125 Å². The molecule has 0 radical (unpaired) electrons. The molecule has 3 aliphatic rings. The molecule has 0 spiro atoms. The van der Waals surface area contributed by atoms with Gasteiger partial charge in [0.05, 0.1) is 17.0 Å². The highest BCUT2D eigenvalue weighted by molar-refractivity contribution is 14.1. The average molecular weight is 370 g/mol. The minimum atomic E-state index is 0.0254. The SMILES string of the molecule is COc1ccc(C2C3CC4C(OC(=O)C42)C3I)cc1. The lowest BCUT2D eigenvalue weighted by Gasteiger charge is -2.28. The van der Waals surface area contributed by atoms with E-state index in [0.717, 1.165) is 12.2 Å². The molecule has 0 amide bonds. The number of carbonyl (C=O) groups is 1. The fourth-order valence-corrected chi connectivity index (χ4v) is 5.67. The molecule has 2 bridgehead atoms. The number of rotatable bonds is 2. The third-order valence-corrected chi connectivity index (χ3v) is 6.66. The number of fused-ring (bicyclic) bond motifs is 1. The fourth-order valence-electron chi connectivity index (χ4n) is 4.25. The van der Waals surface area contributed by atoms with Gasteiger partial charge in [-0.15, -0.1) is 0 Å². The topological polar surface area (TPSA) is 35.5 Å². The standard InChI is InChI=1S/C15H15IO3/c1-18-8-4-2-7(3-5-8)11-9-6-10-12(11)15(17)19-14(10)13(9)16/h2-5,9-14H,6H2,1H3. The minimum Gasteiger partial charge on any atom is -0.497 e. The largest absolute Gasteiger partial charge is 0.497 e. The van der Waals surface area contributed by atoms with Gasteiger partial charge in [-0.25, -0.2) is 0 Å². The Kier molecular flexibility index (Phi) is 2.59. The highest BCUT2D eigenvalue weighted by Crippen LogP contribution is 2.63. The van der Waals surface area contributed by atoms with E-state index < -0.39 is 0 Å². The van der Waals surface area contributed by atoms with Crippen molar-refractivity contribution >= 4 is 28.6 Å². The molecular weight excluding hydrogens is 355 g/mol. The lowest BCUT2D eigenvalue weighted by atomic mass is 9.76. The van der Waals surface area contributed by atoms with Crippen molar-refractivity contribution in [3.8, 4) is 5.75 Å². The zero-order valence-corrected chi connectivity index (χ0v) is 12.7. The van der Waals surface area contributed by atoms with E-state index in [2.05, 4.69) is 34.7 Å². The third-order valence-electron chi connectivity index (χ3n) is 5.02. The first-order valence-electron chi connectivity index (χ1n) is 6.69. The molecule has 6 unspecified atom stereocenters. The van der Waals surface area contributed by atoms with Gasteiger partial charge >= 0.3 is 5.97 Å². The van der Waals surface area contributed by atoms with Gasteiger partial charge in [-0.05, 0) is 30.0 Å². The molecule has 2 aliphatic carbocycles. The van der Waals surface area contributed by atoms with Crippen molar-refractivity contribution in [1.82, 2.24) is 0 Å². The molecule has 0 aromatic heterocycles. The van der Waals surface area contributed by atoms with Crippen LogP contribution in [0.4, 0.5) is 0 Å². The van der Waals surface area contributed by atoms with E-state index in [-0.39, 0.29) is 18.0 Å². The summed E-state index contributed by atoms with van der Waals surface area (Å²) < 4.78 is 11.3. The normalized spacial score (nSPS) is 42.5. The first-order chi connectivity index (χ1) is 9.20. The van der Waals surface area contributed by atoms with Gasteiger partial charge in [-0.2, -0.15) is 0 Å². The van der Waals surface area contributed by atoms with Crippen molar-refractivity contribution in [3.63, 3.8) is 0 Å². The van der Waals surface area contributed by atoms with Crippen molar-refractivity contribution in [2.24, 2.45) is 17.8 Å². The Morgan fingerprint density at radius 2 is 1.95 bits per heavy atom. The minimum absolute atomic E-state index is 0.0254. The van der Waals surface area contributed by atoms with Crippen molar-refractivity contribution in [1.29, 1.82) is 0 Å². The van der Waals surface area contributed by atoms with Crippen LogP contribution in [0.25, 0.3) is 0 Å². The van der Waals surface area contributed by atoms with Gasteiger partial charge in [-0.3, -0.25) is 4.79 Å². The molecule has 3 nitrogen and oxygen atoms in total. The zero-order chi connectivity index (χ0) is 13.1. The van der Waals surface area contributed by atoms with Crippen LogP contribution in [-0.2, 0) is 9.53 Å². The smallest absolute Gasteiger partial charge is 0.310 e. The van der Waals surface area contributed by atoms with Crippen LogP contribution in [0.15, 0.2) is 24.3 Å². The van der Waals surface area contributed by atoms with Crippen LogP contribution < -0.4 is 4.74 Å². The van der Waals surface area contributed by atoms with E-state index in [9.17, 15) is 4.79 Å². The third kappa shape index (κ3) is 1.52. The quantitative estimate of drug-likeness (QED) is 0.456. The Hall–Kier alpha value is -0.780. The van der Waals surface area contributed by atoms with E-state index >= 15 is 0 Å². The van der Waals surface area contributed by atoms with Gasteiger partial charge in [0.1, 0.15) is 11.9 Å². The van der Waals surface area contributed by atoms with Crippen LogP contribution >= 0.6 is 22.6 Å². The van der Waals surface area contributed by atoms with Crippen molar-refractivity contribution in [3.05, 3.63) is 29.8 Å². The summed E-state index contributed by atoms with van der Waals surface area (Å²) in [5.41, 5.74) is 1.26. The molecule has 2 saturated carbocycles. The lowest BCUT2D eigenvalue weighted by Crippen LogP contribution is -2.32. The number of ether oxygens (including phenoxy) is 2. The molecule has 1 saturated heterocycles. The predicted octanol–water partition coefficient (Wildman–Crippen LogP) is 2.77. The Bertz CT molecular complexity index is 527. The molecule has 100 valence electrons. The second kappa shape index (κ2) is 4.11. The monoisotopic (exact) mass is 370 g/mol. The van der Waals surface area contributed by atoms with E-state index in [0.29, 0.717) is 21.7 Å². The zero-order valence-electron chi connectivity index (χ0n) is 10.6. The number of carbonyl (C=O) groups excluding carboxylic acids is 1. The van der Waals surface area contributed by atoms with Crippen molar-refractivity contribution in [2.45, 2.75) is 22.4 Å². The molecule has 4 rings (SSSR count). The summed E-state index contributed by atoms with van der Waals surface area (Å²) in [7, 11) is 1.67.